The molecule has 1 heterocycles. The van der Waals surface area contributed by atoms with Crippen LogP contribution < -0.4 is 5.73 Å². The second kappa shape index (κ2) is 5.12. The molecule has 2 N–H and O–H groups in total. The third kappa shape index (κ3) is 2.56. The number of nitrogens with zero attached hydrogens (tertiary/aromatic N) is 2. The fraction of sp³-hybridized carbons (Fsp3) is 0.700. The predicted molar refractivity (Wildman–Crippen MR) is 55.8 cm³/mol. The van der Waals surface area contributed by atoms with Crippen LogP contribution in [0.3, 0.4) is 0 Å². The molecule has 80 valence electrons. The van der Waals surface area contributed by atoms with Crippen LogP contribution in [0.1, 0.15) is 31.5 Å². The first kappa shape index (κ1) is 11.2. The molecule has 14 heavy (non-hydrogen) atoms. The van der Waals surface area contributed by atoms with Crippen molar-refractivity contribution < 1.29 is 4.74 Å². The zero-order valence-corrected chi connectivity index (χ0v) is 9.10. The van der Waals surface area contributed by atoms with Gasteiger partial charge in [-0.2, -0.15) is 5.10 Å². The Morgan fingerprint density at radius 2 is 2.36 bits per heavy atom. The molecule has 0 saturated carbocycles. The molecule has 0 aromatic carbocycles. The fourth-order valence-corrected chi connectivity index (χ4v) is 1.53. The van der Waals surface area contributed by atoms with E-state index in [1.807, 2.05) is 19.3 Å². The average Bonchev–Trinajstić information content (AvgIpc) is 2.60. The molecule has 1 aromatic heterocycles. The number of hydrogen-bond acceptors (Lipinski definition) is 3. The molecule has 2 atom stereocenters. The van der Waals surface area contributed by atoms with Crippen LogP contribution in [0.5, 0.6) is 0 Å². The van der Waals surface area contributed by atoms with Crippen LogP contribution >= 0.6 is 0 Å². The Morgan fingerprint density at radius 3 is 2.79 bits per heavy atom. The molecule has 0 saturated heterocycles. The molecule has 0 fully saturated rings. The Bertz CT molecular complexity index is 272. The largest absolute Gasteiger partial charge is 0.379 e. The third-order valence-electron chi connectivity index (χ3n) is 2.35. The minimum Gasteiger partial charge on any atom is -0.379 e. The van der Waals surface area contributed by atoms with E-state index in [1.165, 1.54) is 0 Å². The summed E-state index contributed by atoms with van der Waals surface area (Å²) in [5.74, 6) is 0. The van der Waals surface area contributed by atoms with Gasteiger partial charge < -0.3 is 10.5 Å². The molecular weight excluding hydrogens is 178 g/mol. The van der Waals surface area contributed by atoms with Crippen LogP contribution in [0.2, 0.25) is 0 Å². The molecule has 2 unspecified atom stereocenters. The van der Waals surface area contributed by atoms with Gasteiger partial charge in [-0.1, -0.05) is 13.3 Å². The van der Waals surface area contributed by atoms with Crippen molar-refractivity contribution in [3.8, 4) is 0 Å². The Morgan fingerprint density at radius 1 is 1.64 bits per heavy atom. The normalized spacial score (nSPS) is 15.4. The lowest BCUT2D eigenvalue weighted by atomic mass is 10.0. The van der Waals surface area contributed by atoms with Crippen molar-refractivity contribution in [2.45, 2.75) is 31.9 Å². The van der Waals surface area contributed by atoms with Crippen LogP contribution in [0.25, 0.3) is 0 Å². The van der Waals surface area contributed by atoms with E-state index < -0.39 is 0 Å². The van der Waals surface area contributed by atoms with Crippen LogP contribution in [0.15, 0.2) is 12.3 Å². The summed E-state index contributed by atoms with van der Waals surface area (Å²) in [6, 6.07) is 1.81. The molecular formula is C10H19N3O. The average molecular weight is 197 g/mol. The van der Waals surface area contributed by atoms with Gasteiger partial charge in [-0.05, 0) is 12.5 Å². The third-order valence-corrected chi connectivity index (χ3v) is 2.35. The zero-order chi connectivity index (χ0) is 10.6. The van der Waals surface area contributed by atoms with E-state index in [1.54, 1.807) is 11.8 Å². The summed E-state index contributed by atoms with van der Waals surface area (Å²) in [5, 5.41) is 4.27. The van der Waals surface area contributed by atoms with Gasteiger partial charge in [0.1, 0.15) is 0 Å². The van der Waals surface area contributed by atoms with Gasteiger partial charge in [0.2, 0.25) is 0 Å². The standard InChI is InChI=1S/C10H19N3O/c1-4-5-9(14-3)10(11)8-6-7-13(2)12-8/h6-7,9-10H,4-5,11H2,1-3H3. The number of methoxy groups -OCH3 is 1. The molecule has 0 aliphatic heterocycles. The smallest absolute Gasteiger partial charge is 0.0818 e. The maximum Gasteiger partial charge on any atom is 0.0818 e. The Labute approximate surface area is 85.0 Å². The van der Waals surface area contributed by atoms with Gasteiger partial charge in [0.15, 0.2) is 0 Å². The summed E-state index contributed by atoms with van der Waals surface area (Å²) in [6.45, 7) is 2.12. The van der Waals surface area contributed by atoms with E-state index >= 15 is 0 Å². The first-order valence-electron chi connectivity index (χ1n) is 4.97. The maximum atomic E-state index is 6.05. The summed E-state index contributed by atoms with van der Waals surface area (Å²) in [7, 11) is 3.58. The SMILES string of the molecule is CCCC(OC)C(N)c1ccn(C)n1. The number of nitrogens with two attached hydrogens (primary N) is 1. The highest BCUT2D eigenvalue weighted by atomic mass is 16.5. The molecule has 0 bridgehead atoms. The van der Waals surface area contributed by atoms with E-state index in [0.29, 0.717) is 0 Å². The Kier molecular flexibility index (Phi) is 4.10. The number of aromatic nitrogens is 2. The van der Waals surface area contributed by atoms with E-state index in [4.69, 9.17) is 10.5 Å². The van der Waals surface area contributed by atoms with Crippen molar-refractivity contribution in [1.82, 2.24) is 9.78 Å². The Balaban J connectivity index is 2.66. The van der Waals surface area contributed by atoms with Crippen LogP contribution in [-0.2, 0) is 11.8 Å². The van der Waals surface area contributed by atoms with E-state index in [2.05, 4.69) is 12.0 Å². The second-order valence-corrected chi connectivity index (χ2v) is 3.50. The van der Waals surface area contributed by atoms with Gasteiger partial charge in [0.05, 0.1) is 17.8 Å². The van der Waals surface area contributed by atoms with Gasteiger partial charge in [0.25, 0.3) is 0 Å². The van der Waals surface area contributed by atoms with Gasteiger partial charge in [0, 0.05) is 20.4 Å². The van der Waals surface area contributed by atoms with Gasteiger partial charge >= 0.3 is 0 Å². The summed E-state index contributed by atoms with van der Waals surface area (Å²) in [5.41, 5.74) is 6.94. The summed E-state index contributed by atoms with van der Waals surface area (Å²) < 4.78 is 7.10. The number of aryl methyl sites for hydroxylation is 1. The number of rotatable bonds is 5. The van der Waals surface area contributed by atoms with Crippen molar-refractivity contribution in [3.05, 3.63) is 18.0 Å². The van der Waals surface area contributed by atoms with E-state index in [-0.39, 0.29) is 12.1 Å². The monoisotopic (exact) mass is 197 g/mol. The Hall–Kier alpha value is -0.870. The second-order valence-electron chi connectivity index (χ2n) is 3.50. The molecule has 0 aliphatic rings. The molecule has 0 radical (unpaired) electrons. The number of ether oxygens (including phenoxy) is 1. The first-order valence-corrected chi connectivity index (χ1v) is 4.97. The lowest BCUT2D eigenvalue weighted by Crippen LogP contribution is -2.28. The van der Waals surface area contributed by atoms with Crippen molar-refractivity contribution in [2.24, 2.45) is 12.8 Å². The van der Waals surface area contributed by atoms with E-state index in [9.17, 15) is 0 Å². The van der Waals surface area contributed by atoms with Crippen molar-refractivity contribution in [1.29, 1.82) is 0 Å². The maximum absolute atomic E-state index is 6.05. The molecule has 1 rings (SSSR count). The van der Waals surface area contributed by atoms with Crippen molar-refractivity contribution >= 4 is 0 Å². The molecule has 0 amide bonds. The summed E-state index contributed by atoms with van der Waals surface area (Å²) in [6.07, 6.45) is 4.00. The van der Waals surface area contributed by atoms with Gasteiger partial charge in [-0.3, -0.25) is 4.68 Å². The highest BCUT2D eigenvalue weighted by molar-refractivity contribution is 5.06. The molecule has 1 aromatic rings. The molecule has 0 spiro atoms. The van der Waals surface area contributed by atoms with Gasteiger partial charge in [-0.15, -0.1) is 0 Å². The topological polar surface area (TPSA) is 53.1 Å². The van der Waals surface area contributed by atoms with Crippen molar-refractivity contribution in [3.63, 3.8) is 0 Å². The predicted octanol–water partition coefficient (Wildman–Crippen LogP) is 1.24. The fourth-order valence-electron chi connectivity index (χ4n) is 1.53. The molecule has 4 heteroatoms. The minimum absolute atomic E-state index is 0.0647. The van der Waals surface area contributed by atoms with Crippen LogP contribution in [0, 0.1) is 0 Å². The first-order chi connectivity index (χ1) is 6.69. The zero-order valence-electron chi connectivity index (χ0n) is 9.10. The lowest BCUT2D eigenvalue weighted by Gasteiger charge is -2.20. The molecule has 4 nitrogen and oxygen atoms in total. The highest BCUT2D eigenvalue weighted by Crippen LogP contribution is 2.17. The van der Waals surface area contributed by atoms with E-state index in [0.717, 1.165) is 18.5 Å². The molecule has 0 aliphatic carbocycles. The van der Waals surface area contributed by atoms with Gasteiger partial charge in [-0.25, -0.2) is 0 Å². The summed E-state index contributed by atoms with van der Waals surface area (Å²) >= 11 is 0. The van der Waals surface area contributed by atoms with Crippen LogP contribution in [0.4, 0.5) is 0 Å². The highest BCUT2D eigenvalue weighted by Gasteiger charge is 2.19. The summed E-state index contributed by atoms with van der Waals surface area (Å²) in [4.78, 5) is 0. The minimum atomic E-state index is -0.124. The lowest BCUT2D eigenvalue weighted by molar-refractivity contribution is 0.0712. The quantitative estimate of drug-likeness (QED) is 0.772. The number of hydrogen-bond donors (Lipinski definition) is 1. The van der Waals surface area contributed by atoms with Crippen LogP contribution in [-0.4, -0.2) is 23.0 Å². The van der Waals surface area contributed by atoms with Crippen molar-refractivity contribution in [2.75, 3.05) is 7.11 Å².